The van der Waals surface area contributed by atoms with Crippen molar-refractivity contribution in [3.63, 3.8) is 0 Å². The molecule has 2 aromatic rings. The van der Waals surface area contributed by atoms with Crippen molar-refractivity contribution in [3.8, 4) is 11.5 Å². The molecule has 6 nitrogen and oxygen atoms in total. The third kappa shape index (κ3) is 2.11. The summed E-state index contributed by atoms with van der Waals surface area (Å²) in [6.07, 6.45) is 1.60. The number of hydrogen-bond acceptors (Lipinski definition) is 4. The number of carbonyl (C=O) groups is 1. The molecule has 1 aromatic carbocycles. The molecule has 1 aliphatic heterocycles. The predicted molar refractivity (Wildman–Crippen MR) is 72.2 cm³/mol. The predicted octanol–water partition coefficient (Wildman–Crippen LogP) is 1.37. The number of pyridine rings is 1. The standard InChI is InChI=1S/C14H12N2O4/c1-16-6-2-3-10(14(16)18)13(17)15-9-4-5-11-12(7-9)20-8-19-11/h2-7H,8H2,1H3,(H,15,17). The van der Waals surface area contributed by atoms with Crippen molar-refractivity contribution in [2.45, 2.75) is 0 Å². The van der Waals surface area contributed by atoms with Gasteiger partial charge in [-0.25, -0.2) is 0 Å². The average Bonchev–Trinajstić information content (AvgIpc) is 2.89. The van der Waals surface area contributed by atoms with Gasteiger partial charge in [-0.15, -0.1) is 0 Å². The highest BCUT2D eigenvalue weighted by molar-refractivity contribution is 6.04. The molecular formula is C14H12N2O4. The van der Waals surface area contributed by atoms with Gasteiger partial charge in [0.2, 0.25) is 6.79 Å². The third-order valence-corrected chi connectivity index (χ3v) is 3.00. The molecule has 0 saturated carbocycles. The van der Waals surface area contributed by atoms with E-state index >= 15 is 0 Å². The van der Waals surface area contributed by atoms with Crippen LogP contribution in [-0.4, -0.2) is 17.3 Å². The lowest BCUT2D eigenvalue weighted by molar-refractivity contribution is 0.102. The lowest BCUT2D eigenvalue weighted by Gasteiger charge is -2.06. The fraction of sp³-hybridized carbons (Fsp3) is 0.143. The molecule has 0 atom stereocenters. The monoisotopic (exact) mass is 272 g/mol. The Kier molecular flexibility index (Phi) is 2.90. The van der Waals surface area contributed by atoms with Crippen molar-refractivity contribution in [2.75, 3.05) is 12.1 Å². The van der Waals surface area contributed by atoms with E-state index in [0.717, 1.165) is 0 Å². The summed E-state index contributed by atoms with van der Waals surface area (Å²) in [5.74, 6) is 0.757. The smallest absolute Gasteiger partial charge is 0.263 e. The summed E-state index contributed by atoms with van der Waals surface area (Å²) in [6, 6.07) is 8.20. The van der Waals surface area contributed by atoms with Crippen LogP contribution < -0.4 is 20.3 Å². The zero-order chi connectivity index (χ0) is 14.1. The van der Waals surface area contributed by atoms with Gasteiger partial charge in [0, 0.05) is 25.0 Å². The minimum Gasteiger partial charge on any atom is -0.454 e. The van der Waals surface area contributed by atoms with E-state index in [1.165, 1.54) is 10.6 Å². The largest absolute Gasteiger partial charge is 0.454 e. The first kappa shape index (κ1) is 12.3. The van der Waals surface area contributed by atoms with E-state index < -0.39 is 5.91 Å². The number of fused-ring (bicyclic) bond motifs is 1. The van der Waals surface area contributed by atoms with Crippen LogP contribution in [0.15, 0.2) is 41.3 Å². The molecule has 0 saturated heterocycles. The molecule has 102 valence electrons. The van der Waals surface area contributed by atoms with E-state index in [2.05, 4.69) is 5.32 Å². The van der Waals surface area contributed by atoms with Gasteiger partial charge in [-0.05, 0) is 24.3 Å². The lowest BCUT2D eigenvalue weighted by Crippen LogP contribution is -2.26. The molecule has 2 heterocycles. The Hall–Kier alpha value is -2.76. The minimum absolute atomic E-state index is 0.0904. The van der Waals surface area contributed by atoms with Crippen LogP contribution in [0.4, 0.5) is 5.69 Å². The number of aryl methyl sites for hydroxylation is 1. The second-order valence-electron chi connectivity index (χ2n) is 4.36. The molecule has 1 aliphatic rings. The first-order valence-electron chi connectivity index (χ1n) is 6.02. The maximum Gasteiger partial charge on any atom is 0.263 e. The Labute approximate surface area is 114 Å². The highest BCUT2D eigenvalue weighted by Gasteiger charge is 2.16. The maximum absolute atomic E-state index is 12.1. The van der Waals surface area contributed by atoms with Gasteiger partial charge in [-0.3, -0.25) is 9.59 Å². The summed E-state index contributed by atoms with van der Waals surface area (Å²) < 4.78 is 11.8. The fourth-order valence-corrected chi connectivity index (χ4v) is 1.94. The first-order valence-corrected chi connectivity index (χ1v) is 6.02. The van der Waals surface area contributed by atoms with Gasteiger partial charge in [-0.1, -0.05) is 0 Å². The van der Waals surface area contributed by atoms with Gasteiger partial charge in [0.05, 0.1) is 0 Å². The number of ether oxygens (including phenoxy) is 2. The summed E-state index contributed by atoms with van der Waals surface area (Å²) in [6.45, 7) is 0.173. The Morgan fingerprint density at radius 3 is 2.90 bits per heavy atom. The van der Waals surface area contributed by atoms with Crippen LogP contribution in [0.3, 0.4) is 0 Å². The molecule has 0 bridgehead atoms. The van der Waals surface area contributed by atoms with Crippen molar-refractivity contribution < 1.29 is 14.3 Å². The van der Waals surface area contributed by atoms with E-state index in [1.807, 2.05) is 0 Å². The minimum atomic E-state index is -0.454. The first-order chi connectivity index (χ1) is 9.65. The Morgan fingerprint density at radius 1 is 1.25 bits per heavy atom. The molecule has 1 amide bonds. The highest BCUT2D eigenvalue weighted by atomic mass is 16.7. The second-order valence-corrected chi connectivity index (χ2v) is 4.36. The number of anilines is 1. The second kappa shape index (κ2) is 4.73. The summed E-state index contributed by atoms with van der Waals surface area (Å²) >= 11 is 0. The number of amides is 1. The quantitative estimate of drug-likeness (QED) is 0.896. The third-order valence-electron chi connectivity index (χ3n) is 3.00. The zero-order valence-electron chi connectivity index (χ0n) is 10.8. The summed E-state index contributed by atoms with van der Waals surface area (Å²) in [4.78, 5) is 23.9. The average molecular weight is 272 g/mol. The van der Waals surface area contributed by atoms with Crippen LogP contribution in [-0.2, 0) is 7.05 Å². The van der Waals surface area contributed by atoms with Gasteiger partial charge in [0.25, 0.3) is 11.5 Å². The number of nitrogens with one attached hydrogen (secondary N) is 1. The SMILES string of the molecule is Cn1cccc(C(=O)Nc2ccc3c(c2)OCO3)c1=O. The molecule has 1 N–H and O–H groups in total. The van der Waals surface area contributed by atoms with Gasteiger partial charge in [-0.2, -0.15) is 0 Å². The summed E-state index contributed by atoms with van der Waals surface area (Å²) in [5.41, 5.74) is 0.295. The van der Waals surface area contributed by atoms with Crippen molar-refractivity contribution in [3.05, 3.63) is 52.4 Å². The van der Waals surface area contributed by atoms with Gasteiger partial charge in [0.15, 0.2) is 11.5 Å². The van der Waals surface area contributed by atoms with Crippen molar-refractivity contribution in [2.24, 2.45) is 7.05 Å². The molecule has 20 heavy (non-hydrogen) atoms. The van der Waals surface area contributed by atoms with Crippen LogP contribution in [0.5, 0.6) is 11.5 Å². The Morgan fingerprint density at radius 2 is 2.05 bits per heavy atom. The molecule has 0 spiro atoms. The van der Waals surface area contributed by atoms with Crippen LogP contribution in [0.1, 0.15) is 10.4 Å². The van der Waals surface area contributed by atoms with E-state index in [0.29, 0.717) is 17.2 Å². The molecular weight excluding hydrogens is 260 g/mol. The number of carbonyl (C=O) groups excluding carboxylic acids is 1. The van der Waals surface area contributed by atoms with Gasteiger partial charge >= 0.3 is 0 Å². The molecule has 3 rings (SSSR count). The number of benzene rings is 1. The van der Waals surface area contributed by atoms with Crippen molar-refractivity contribution in [1.82, 2.24) is 4.57 Å². The fourth-order valence-electron chi connectivity index (χ4n) is 1.94. The number of nitrogens with zero attached hydrogens (tertiary/aromatic N) is 1. The molecule has 6 heteroatoms. The van der Waals surface area contributed by atoms with Gasteiger partial charge in [0.1, 0.15) is 5.56 Å². The van der Waals surface area contributed by atoms with E-state index in [9.17, 15) is 9.59 Å². The lowest BCUT2D eigenvalue weighted by atomic mass is 10.2. The molecule has 0 aliphatic carbocycles. The van der Waals surface area contributed by atoms with E-state index in [1.54, 1.807) is 37.5 Å². The van der Waals surface area contributed by atoms with Crippen LogP contribution in [0.25, 0.3) is 0 Å². The number of aromatic nitrogens is 1. The normalized spacial score (nSPS) is 12.2. The van der Waals surface area contributed by atoms with Crippen molar-refractivity contribution in [1.29, 1.82) is 0 Å². The summed E-state index contributed by atoms with van der Waals surface area (Å²) in [5, 5.41) is 2.67. The van der Waals surface area contributed by atoms with Gasteiger partial charge < -0.3 is 19.4 Å². The molecule has 0 fully saturated rings. The molecule has 0 radical (unpaired) electrons. The van der Waals surface area contributed by atoms with Crippen LogP contribution in [0.2, 0.25) is 0 Å². The van der Waals surface area contributed by atoms with Crippen LogP contribution in [0, 0.1) is 0 Å². The Bertz CT molecular complexity index is 736. The number of hydrogen-bond donors (Lipinski definition) is 1. The summed E-state index contributed by atoms with van der Waals surface area (Å²) in [7, 11) is 1.60. The molecule has 1 aromatic heterocycles. The van der Waals surface area contributed by atoms with E-state index in [4.69, 9.17) is 9.47 Å². The maximum atomic E-state index is 12.1. The molecule has 0 unspecified atom stereocenters. The van der Waals surface area contributed by atoms with E-state index in [-0.39, 0.29) is 17.9 Å². The van der Waals surface area contributed by atoms with Crippen LogP contribution >= 0.6 is 0 Å². The topological polar surface area (TPSA) is 69.6 Å². The highest BCUT2D eigenvalue weighted by Crippen LogP contribution is 2.34. The number of rotatable bonds is 2. The van der Waals surface area contributed by atoms with Crippen molar-refractivity contribution >= 4 is 11.6 Å². The zero-order valence-corrected chi connectivity index (χ0v) is 10.8. The Balaban J connectivity index is 1.86.